The molecule has 5 nitrogen and oxygen atoms in total. The molecule has 2 N–H and O–H groups in total. The van der Waals surface area contributed by atoms with E-state index in [4.69, 9.17) is 0 Å². The summed E-state index contributed by atoms with van der Waals surface area (Å²) in [5.74, 6) is 0.596. The molecule has 1 amide bonds. The quantitative estimate of drug-likeness (QED) is 0.783. The van der Waals surface area contributed by atoms with E-state index >= 15 is 0 Å². The molecule has 0 bridgehead atoms. The number of aromatic amines is 1. The Bertz CT molecular complexity index is 676. The van der Waals surface area contributed by atoms with Gasteiger partial charge in [0, 0.05) is 19.4 Å². The van der Waals surface area contributed by atoms with E-state index in [9.17, 15) is 9.59 Å². The van der Waals surface area contributed by atoms with Crippen molar-refractivity contribution in [2.75, 3.05) is 6.54 Å². The molecule has 0 fully saturated rings. The molecule has 0 unspecified atom stereocenters. The molecule has 0 aliphatic rings. The Kier molecular flexibility index (Phi) is 4.65. The van der Waals surface area contributed by atoms with E-state index in [1.165, 1.54) is 0 Å². The molecule has 0 radical (unpaired) electrons. The van der Waals surface area contributed by atoms with Gasteiger partial charge < -0.3 is 10.3 Å². The number of carbonyl (C=O) groups is 1. The lowest BCUT2D eigenvalue weighted by Crippen LogP contribution is -2.23. The molecular formula is C15H17N3O2. The van der Waals surface area contributed by atoms with Crippen molar-refractivity contribution >= 4 is 16.8 Å². The van der Waals surface area contributed by atoms with Crippen molar-refractivity contribution in [2.45, 2.75) is 19.3 Å². The van der Waals surface area contributed by atoms with Crippen LogP contribution in [0.15, 0.2) is 41.7 Å². The van der Waals surface area contributed by atoms with E-state index in [-0.39, 0.29) is 11.5 Å². The number of hydrogen-bond acceptors (Lipinski definition) is 3. The van der Waals surface area contributed by atoms with Crippen molar-refractivity contribution in [3.05, 3.63) is 53.1 Å². The molecule has 0 spiro atoms. The average molecular weight is 271 g/mol. The maximum Gasteiger partial charge on any atom is 0.258 e. The van der Waals surface area contributed by atoms with Crippen molar-refractivity contribution in [1.82, 2.24) is 15.3 Å². The zero-order valence-electron chi connectivity index (χ0n) is 11.2. The third kappa shape index (κ3) is 3.54. The Labute approximate surface area is 116 Å². The van der Waals surface area contributed by atoms with Crippen LogP contribution in [0.2, 0.25) is 0 Å². The van der Waals surface area contributed by atoms with Crippen molar-refractivity contribution in [3.8, 4) is 0 Å². The lowest BCUT2D eigenvalue weighted by Gasteiger charge is -2.03. The molecular weight excluding hydrogens is 254 g/mol. The second kappa shape index (κ2) is 6.65. The van der Waals surface area contributed by atoms with Crippen LogP contribution in [-0.4, -0.2) is 22.4 Å². The van der Waals surface area contributed by atoms with Crippen molar-refractivity contribution in [2.24, 2.45) is 0 Å². The Balaban J connectivity index is 1.98. The molecule has 1 heterocycles. The molecule has 0 aliphatic heterocycles. The van der Waals surface area contributed by atoms with Gasteiger partial charge in [-0.3, -0.25) is 9.59 Å². The molecule has 2 aromatic rings. The van der Waals surface area contributed by atoms with Crippen molar-refractivity contribution < 1.29 is 4.79 Å². The van der Waals surface area contributed by atoms with Crippen LogP contribution < -0.4 is 10.9 Å². The second-order valence-corrected chi connectivity index (χ2v) is 4.48. The van der Waals surface area contributed by atoms with Crippen molar-refractivity contribution in [1.29, 1.82) is 0 Å². The second-order valence-electron chi connectivity index (χ2n) is 4.48. The van der Waals surface area contributed by atoms with Crippen LogP contribution in [0.3, 0.4) is 0 Å². The van der Waals surface area contributed by atoms with Crippen LogP contribution in [-0.2, 0) is 11.2 Å². The van der Waals surface area contributed by atoms with E-state index in [0.717, 1.165) is 0 Å². The van der Waals surface area contributed by atoms with Gasteiger partial charge in [0.25, 0.3) is 5.56 Å². The molecule has 20 heavy (non-hydrogen) atoms. The number of amides is 1. The van der Waals surface area contributed by atoms with E-state index in [1.807, 2.05) is 18.2 Å². The third-order valence-corrected chi connectivity index (χ3v) is 2.92. The standard InChI is InChI=1S/C15H17N3O2/c1-2-10-16-14(19)9-5-8-13-17-12-7-4-3-6-11(12)15(20)18-13/h2-4,6-7H,1,5,8-10H2,(H,16,19)(H,17,18,20). The maximum atomic E-state index is 11.9. The number of nitrogens with zero attached hydrogens (tertiary/aromatic N) is 1. The smallest absolute Gasteiger partial charge is 0.258 e. The summed E-state index contributed by atoms with van der Waals surface area (Å²) in [5.41, 5.74) is 0.545. The highest BCUT2D eigenvalue weighted by Gasteiger charge is 2.04. The summed E-state index contributed by atoms with van der Waals surface area (Å²) >= 11 is 0. The fraction of sp³-hybridized carbons (Fsp3) is 0.267. The minimum Gasteiger partial charge on any atom is -0.353 e. The Morgan fingerprint density at radius 3 is 3.00 bits per heavy atom. The molecule has 0 atom stereocenters. The number of aryl methyl sites for hydroxylation is 1. The Hall–Kier alpha value is -2.43. The molecule has 0 aliphatic carbocycles. The number of fused-ring (bicyclic) bond motifs is 1. The number of nitrogens with one attached hydrogen (secondary N) is 2. The van der Waals surface area contributed by atoms with Gasteiger partial charge in [0.1, 0.15) is 5.82 Å². The maximum absolute atomic E-state index is 11.9. The lowest BCUT2D eigenvalue weighted by molar-refractivity contribution is -0.120. The fourth-order valence-electron chi connectivity index (χ4n) is 1.94. The van der Waals surface area contributed by atoms with Gasteiger partial charge in [-0.2, -0.15) is 0 Å². The summed E-state index contributed by atoms with van der Waals surface area (Å²) in [4.78, 5) is 30.4. The predicted molar refractivity (Wildman–Crippen MR) is 78.5 cm³/mol. The number of hydrogen-bond donors (Lipinski definition) is 2. The van der Waals surface area contributed by atoms with Crippen LogP contribution in [0, 0.1) is 0 Å². The Morgan fingerprint density at radius 1 is 1.40 bits per heavy atom. The number of para-hydroxylation sites is 1. The van der Waals surface area contributed by atoms with E-state index in [1.54, 1.807) is 12.1 Å². The monoisotopic (exact) mass is 271 g/mol. The summed E-state index contributed by atoms with van der Waals surface area (Å²) < 4.78 is 0. The summed E-state index contributed by atoms with van der Waals surface area (Å²) in [6, 6.07) is 7.21. The largest absolute Gasteiger partial charge is 0.353 e. The Morgan fingerprint density at radius 2 is 2.20 bits per heavy atom. The van der Waals surface area contributed by atoms with Gasteiger partial charge >= 0.3 is 0 Å². The van der Waals surface area contributed by atoms with Crippen LogP contribution in [0.1, 0.15) is 18.7 Å². The van der Waals surface area contributed by atoms with Crippen LogP contribution >= 0.6 is 0 Å². The topological polar surface area (TPSA) is 74.8 Å². The van der Waals surface area contributed by atoms with E-state index in [0.29, 0.717) is 42.5 Å². The molecule has 0 saturated carbocycles. The van der Waals surface area contributed by atoms with Crippen LogP contribution in [0.4, 0.5) is 0 Å². The summed E-state index contributed by atoms with van der Waals surface area (Å²) in [6.45, 7) is 4.01. The van der Waals surface area contributed by atoms with E-state index < -0.39 is 0 Å². The van der Waals surface area contributed by atoms with Gasteiger partial charge in [-0.05, 0) is 18.6 Å². The lowest BCUT2D eigenvalue weighted by atomic mass is 10.2. The predicted octanol–water partition coefficient (Wildman–Crippen LogP) is 1.55. The number of benzene rings is 1. The first-order valence-corrected chi connectivity index (χ1v) is 6.56. The first-order chi connectivity index (χ1) is 9.70. The van der Waals surface area contributed by atoms with Gasteiger partial charge in [-0.1, -0.05) is 18.2 Å². The molecule has 104 valence electrons. The SMILES string of the molecule is C=CCNC(=O)CCCc1nc2ccccc2c(=O)[nH]1. The number of rotatable bonds is 6. The van der Waals surface area contributed by atoms with Gasteiger partial charge in [0.15, 0.2) is 0 Å². The molecule has 1 aromatic heterocycles. The van der Waals surface area contributed by atoms with Gasteiger partial charge in [0.05, 0.1) is 10.9 Å². The first-order valence-electron chi connectivity index (χ1n) is 6.56. The average Bonchev–Trinajstić information content (AvgIpc) is 2.45. The summed E-state index contributed by atoms with van der Waals surface area (Å²) in [7, 11) is 0. The van der Waals surface area contributed by atoms with Crippen molar-refractivity contribution in [3.63, 3.8) is 0 Å². The van der Waals surface area contributed by atoms with Crippen LogP contribution in [0.5, 0.6) is 0 Å². The normalized spacial score (nSPS) is 10.4. The van der Waals surface area contributed by atoms with Gasteiger partial charge in [0.2, 0.25) is 5.91 Å². The van der Waals surface area contributed by atoms with Gasteiger partial charge in [-0.15, -0.1) is 6.58 Å². The number of aromatic nitrogens is 2. The van der Waals surface area contributed by atoms with Crippen LogP contribution in [0.25, 0.3) is 10.9 Å². The highest BCUT2D eigenvalue weighted by molar-refractivity contribution is 5.77. The molecule has 2 rings (SSSR count). The minimum atomic E-state index is -0.137. The highest BCUT2D eigenvalue weighted by Crippen LogP contribution is 2.07. The molecule has 1 aromatic carbocycles. The minimum absolute atomic E-state index is 0.0203. The third-order valence-electron chi connectivity index (χ3n) is 2.92. The first kappa shape index (κ1) is 14.0. The number of H-pyrrole nitrogens is 1. The number of carbonyl (C=O) groups excluding carboxylic acids is 1. The van der Waals surface area contributed by atoms with Gasteiger partial charge in [-0.25, -0.2) is 4.98 Å². The zero-order chi connectivity index (χ0) is 14.4. The molecule has 5 heteroatoms. The summed E-state index contributed by atoms with van der Waals surface area (Å²) in [5, 5.41) is 3.29. The van der Waals surface area contributed by atoms with E-state index in [2.05, 4.69) is 21.9 Å². The summed E-state index contributed by atoms with van der Waals surface area (Å²) in [6.07, 6.45) is 3.26. The highest BCUT2D eigenvalue weighted by atomic mass is 16.1. The fourth-order valence-corrected chi connectivity index (χ4v) is 1.94. The molecule has 0 saturated heterocycles. The zero-order valence-corrected chi connectivity index (χ0v) is 11.2.